The lowest BCUT2D eigenvalue weighted by Crippen LogP contribution is -2.39. The first-order valence-electron chi connectivity index (χ1n) is 8.15. The standard InChI is InChI=1S/C18H22N6S/c1-19-18(24(2)9-8-16-7-4-10-25-16)20-12-14-5-3-6-15(11-14)17-21-13-22-23-17/h3-7,10-11,13H,8-9,12H2,1-2H3,(H,19,20)(H,21,22,23). The van der Waals surface area contributed by atoms with Gasteiger partial charge in [0, 0.05) is 37.6 Å². The molecule has 0 fully saturated rings. The first kappa shape index (κ1) is 17.2. The first-order chi connectivity index (χ1) is 12.3. The number of hydrogen-bond donors (Lipinski definition) is 2. The summed E-state index contributed by atoms with van der Waals surface area (Å²) in [5.41, 5.74) is 2.19. The van der Waals surface area contributed by atoms with E-state index in [0.29, 0.717) is 6.54 Å². The maximum Gasteiger partial charge on any atom is 0.193 e. The van der Waals surface area contributed by atoms with Crippen LogP contribution in [0.25, 0.3) is 11.4 Å². The van der Waals surface area contributed by atoms with Gasteiger partial charge in [0.2, 0.25) is 0 Å². The molecule has 6 nitrogen and oxygen atoms in total. The van der Waals surface area contributed by atoms with Crippen molar-refractivity contribution >= 4 is 17.3 Å². The molecule has 1 aromatic carbocycles. The number of aromatic amines is 1. The fraction of sp³-hybridized carbons (Fsp3) is 0.278. The number of guanidine groups is 1. The molecule has 0 amide bonds. The van der Waals surface area contributed by atoms with E-state index in [2.05, 4.69) is 67.1 Å². The van der Waals surface area contributed by atoms with Crippen molar-refractivity contribution in [1.29, 1.82) is 0 Å². The van der Waals surface area contributed by atoms with Crippen molar-refractivity contribution in [2.45, 2.75) is 13.0 Å². The summed E-state index contributed by atoms with van der Waals surface area (Å²) >= 11 is 1.79. The zero-order valence-electron chi connectivity index (χ0n) is 14.4. The van der Waals surface area contributed by atoms with Gasteiger partial charge in [-0.05, 0) is 29.5 Å². The molecule has 0 unspecified atom stereocenters. The molecule has 0 spiro atoms. The quantitative estimate of drug-likeness (QED) is 0.527. The Labute approximate surface area is 151 Å². The summed E-state index contributed by atoms with van der Waals surface area (Å²) in [4.78, 5) is 12.1. The Hall–Kier alpha value is -2.67. The number of aromatic nitrogens is 3. The molecule has 3 rings (SSSR count). The molecule has 2 aromatic heterocycles. The smallest absolute Gasteiger partial charge is 0.193 e. The highest BCUT2D eigenvalue weighted by atomic mass is 32.1. The van der Waals surface area contributed by atoms with Gasteiger partial charge in [0.05, 0.1) is 0 Å². The number of nitrogens with one attached hydrogen (secondary N) is 2. The summed E-state index contributed by atoms with van der Waals surface area (Å²) in [5, 5.41) is 12.3. The SMILES string of the molecule is CN=C(NCc1cccc(-c2ncn[nH]2)c1)N(C)CCc1cccs1. The van der Waals surface area contributed by atoms with Crippen LogP contribution in [0.1, 0.15) is 10.4 Å². The van der Waals surface area contributed by atoms with E-state index in [4.69, 9.17) is 0 Å². The van der Waals surface area contributed by atoms with Crippen LogP contribution >= 0.6 is 11.3 Å². The molecule has 0 saturated carbocycles. The molecule has 0 bridgehead atoms. The summed E-state index contributed by atoms with van der Waals surface area (Å²) in [6, 6.07) is 12.5. The number of rotatable bonds is 6. The largest absolute Gasteiger partial charge is 0.352 e. The minimum Gasteiger partial charge on any atom is -0.352 e. The zero-order valence-corrected chi connectivity index (χ0v) is 15.3. The van der Waals surface area contributed by atoms with Crippen molar-refractivity contribution in [1.82, 2.24) is 25.4 Å². The maximum absolute atomic E-state index is 4.38. The van der Waals surface area contributed by atoms with Gasteiger partial charge in [0.25, 0.3) is 0 Å². The molecular formula is C18H22N6S. The van der Waals surface area contributed by atoms with Gasteiger partial charge in [-0.15, -0.1) is 11.3 Å². The van der Waals surface area contributed by atoms with E-state index >= 15 is 0 Å². The van der Waals surface area contributed by atoms with Gasteiger partial charge in [0.15, 0.2) is 11.8 Å². The van der Waals surface area contributed by atoms with Gasteiger partial charge in [-0.1, -0.05) is 24.3 Å². The van der Waals surface area contributed by atoms with Crippen LogP contribution in [0.2, 0.25) is 0 Å². The molecule has 0 saturated heterocycles. The van der Waals surface area contributed by atoms with E-state index in [0.717, 1.165) is 30.3 Å². The minimum absolute atomic E-state index is 0.706. The molecule has 25 heavy (non-hydrogen) atoms. The first-order valence-corrected chi connectivity index (χ1v) is 9.03. The van der Waals surface area contributed by atoms with E-state index in [1.54, 1.807) is 11.3 Å². The molecule has 3 aromatic rings. The van der Waals surface area contributed by atoms with Gasteiger partial charge in [-0.2, -0.15) is 5.10 Å². The lowest BCUT2D eigenvalue weighted by molar-refractivity contribution is 0.486. The molecular weight excluding hydrogens is 332 g/mol. The Morgan fingerprint density at radius 1 is 1.32 bits per heavy atom. The third kappa shape index (κ3) is 4.67. The van der Waals surface area contributed by atoms with Crippen LogP contribution in [0, 0.1) is 0 Å². The maximum atomic E-state index is 4.38. The van der Waals surface area contributed by atoms with E-state index in [1.165, 1.54) is 16.8 Å². The Kier molecular flexibility index (Phi) is 5.79. The summed E-state index contributed by atoms with van der Waals surface area (Å²) < 4.78 is 0. The Bertz CT molecular complexity index is 795. The third-order valence-electron chi connectivity index (χ3n) is 3.91. The summed E-state index contributed by atoms with van der Waals surface area (Å²) in [6.07, 6.45) is 2.54. The number of thiophene rings is 1. The second kappa shape index (κ2) is 8.43. The van der Waals surface area contributed by atoms with Crippen molar-refractivity contribution in [3.63, 3.8) is 0 Å². The van der Waals surface area contributed by atoms with Gasteiger partial charge in [-0.25, -0.2) is 4.98 Å². The number of H-pyrrole nitrogens is 1. The zero-order chi connectivity index (χ0) is 17.5. The average Bonchev–Trinajstić information content (AvgIpc) is 3.34. The summed E-state index contributed by atoms with van der Waals surface area (Å²) in [6.45, 7) is 1.64. The minimum atomic E-state index is 0.706. The number of nitrogens with zero attached hydrogens (tertiary/aromatic N) is 4. The average molecular weight is 354 g/mol. The number of hydrogen-bond acceptors (Lipinski definition) is 4. The van der Waals surface area contributed by atoms with E-state index < -0.39 is 0 Å². The van der Waals surface area contributed by atoms with Gasteiger partial charge < -0.3 is 10.2 Å². The van der Waals surface area contributed by atoms with Crippen LogP contribution in [-0.4, -0.2) is 46.7 Å². The fourth-order valence-corrected chi connectivity index (χ4v) is 3.28. The van der Waals surface area contributed by atoms with Crippen molar-refractivity contribution in [2.75, 3.05) is 20.6 Å². The van der Waals surface area contributed by atoms with Crippen molar-refractivity contribution in [3.8, 4) is 11.4 Å². The highest BCUT2D eigenvalue weighted by molar-refractivity contribution is 7.09. The summed E-state index contributed by atoms with van der Waals surface area (Å²) in [7, 11) is 3.88. The monoisotopic (exact) mass is 354 g/mol. The van der Waals surface area contributed by atoms with Crippen LogP contribution in [0.3, 0.4) is 0 Å². The van der Waals surface area contributed by atoms with E-state index in [9.17, 15) is 0 Å². The molecule has 0 aliphatic heterocycles. The van der Waals surface area contributed by atoms with Gasteiger partial charge >= 0.3 is 0 Å². The Balaban J connectivity index is 1.56. The summed E-state index contributed by atoms with van der Waals surface area (Å²) in [5.74, 6) is 1.67. The van der Waals surface area contributed by atoms with Crippen molar-refractivity contribution < 1.29 is 0 Å². The molecule has 0 aliphatic rings. The van der Waals surface area contributed by atoms with Crippen LogP contribution < -0.4 is 5.32 Å². The molecule has 0 aliphatic carbocycles. The number of likely N-dealkylation sites (N-methyl/N-ethyl adjacent to an activating group) is 1. The van der Waals surface area contributed by atoms with Crippen molar-refractivity contribution in [3.05, 3.63) is 58.5 Å². The van der Waals surface area contributed by atoms with Crippen LogP contribution in [0.5, 0.6) is 0 Å². The Morgan fingerprint density at radius 2 is 2.24 bits per heavy atom. The van der Waals surface area contributed by atoms with Crippen LogP contribution in [-0.2, 0) is 13.0 Å². The molecule has 0 atom stereocenters. The third-order valence-corrected chi connectivity index (χ3v) is 4.85. The molecule has 130 valence electrons. The predicted molar refractivity (Wildman–Crippen MR) is 103 cm³/mol. The lowest BCUT2D eigenvalue weighted by Gasteiger charge is -2.22. The molecule has 2 heterocycles. The van der Waals surface area contributed by atoms with Gasteiger partial charge in [0.1, 0.15) is 6.33 Å². The highest BCUT2D eigenvalue weighted by Gasteiger charge is 2.07. The fourth-order valence-electron chi connectivity index (χ4n) is 2.58. The van der Waals surface area contributed by atoms with E-state index in [1.807, 2.05) is 19.2 Å². The van der Waals surface area contributed by atoms with Crippen LogP contribution in [0.15, 0.2) is 53.1 Å². The second-order valence-corrected chi connectivity index (χ2v) is 6.72. The van der Waals surface area contributed by atoms with Crippen LogP contribution in [0.4, 0.5) is 0 Å². The normalized spacial score (nSPS) is 11.5. The molecule has 2 N–H and O–H groups in total. The predicted octanol–water partition coefficient (Wildman–Crippen LogP) is 2.78. The highest BCUT2D eigenvalue weighted by Crippen LogP contribution is 2.15. The van der Waals surface area contributed by atoms with Gasteiger partial charge in [-0.3, -0.25) is 10.1 Å². The lowest BCUT2D eigenvalue weighted by atomic mass is 10.1. The molecule has 0 radical (unpaired) electrons. The van der Waals surface area contributed by atoms with Crippen molar-refractivity contribution in [2.24, 2.45) is 4.99 Å². The number of benzene rings is 1. The number of aliphatic imine (C=N–C) groups is 1. The topological polar surface area (TPSA) is 69.2 Å². The van der Waals surface area contributed by atoms with E-state index in [-0.39, 0.29) is 0 Å². The molecule has 7 heteroatoms. The Morgan fingerprint density at radius 3 is 2.96 bits per heavy atom. The second-order valence-electron chi connectivity index (χ2n) is 5.69.